The minimum Gasteiger partial charge on any atom is -0.496 e. The highest BCUT2D eigenvalue weighted by atomic mass is 35.5. The smallest absolute Gasteiger partial charge is 0.129 e. The fourth-order valence-electron chi connectivity index (χ4n) is 2.03. The Bertz CT molecular complexity index is 601. The van der Waals surface area contributed by atoms with Crippen LogP contribution in [0.2, 0.25) is 5.02 Å². The molecule has 0 saturated carbocycles. The van der Waals surface area contributed by atoms with Gasteiger partial charge in [-0.3, -0.25) is 0 Å². The molecule has 0 aliphatic rings. The van der Waals surface area contributed by atoms with Crippen molar-refractivity contribution in [3.05, 3.63) is 63.9 Å². The summed E-state index contributed by atoms with van der Waals surface area (Å²) >= 11 is 5.74. The standard InChI is InChI=1S/C15H15ClFNO/c1-9-7-10(3-6-14(9)19-2)15(18)12-5-4-11(16)8-13(12)17/h3-8,15H,18H2,1-2H3. The van der Waals surface area contributed by atoms with E-state index in [-0.39, 0.29) is 0 Å². The van der Waals surface area contributed by atoms with Crippen LogP contribution in [0.4, 0.5) is 4.39 Å². The molecule has 0 radical (unpaired) electrons. The first-order valence-corrected chi connectivity index (χ1v) is 6.26. The predicted molar refractivity (Wildman–Crippen MR) is 75.2 cm³/mol. The van der Waals surface area contributed by atoms with Crippen LogP contribution >= 0.6 is 11.6 Å². The Morgan fingerprint density at radius 2 is 1.95 bits per heavy atom. The summed E-state index contributed by atoms with van der Waals surface area (Å²) in [6.07, 6.45) is 0. The van der Waals surface area contributed by atoms with Crippen LogP contribution in [0.3, 0.4) is 0 Å². The first-order chi connectivity index (χ1) is 9.02. The van der Waals surface area contributed by atoms with Crippen LogP contribution < -0.4 is 10.5 Å². The van der Waals surface area contributed by atoms with E-state index in [0.29, 0.717) is 10.6 Å². The third-order valence-electron chi connectivity index (χ3n) is 3.08. The Kier molecular flexibility index (Phi) is 4.08. The third-order valence-corrected chi connectivity index (χ3v) is 3.31. The van der Waals surface area contributed by atoms with E-state index in [9.17, 15) is 4.39 Å². The van der Waals surface area contributed by atoms with Crippen molar-refractivity contribution in [2.75, 3.05) is 7.11 Å². The maximum atomic E-state index is 13.8. The van der Waals surface area contributed by atoms with Crippen molar-refractivity contribution in [1.82, 2.24) is 0 Å². The molecule has 2 nitrogen and oxygen atoms in total. The summed E-state index contributed by atoms with van der Waals surface area (Å²) in [5, 5.41) is 0.361. The lowest BCUT2D eigenvalue weighted by Crippen LogP contribution is -2.13. The molecule has 0 spiro atoms. The van der Waals surface area contributed by atoms with Gasteiger partial charge < -0.3 is 10.5 Å². The van der Waals surface area contributed by atoms with Crippen LogP contribution in [-0.2, 0) is 0 Å². The summed E-state index contributed by atoms with van der Waals surface area (Å²) in [5.41, 5.74) is 8.32. The summed E-state index contributed by atoms with van der Waals surface area (Å²) in [6.45, 7) is 1.92. The SMILES string of the molecule is COc1ccc(C(N)c2ccc(Cl)cc2F)cc1C. The Labute approximate surface area is 117 Å². The monoisotopic (exact) mass is 279 g/mol. The van der Waals surface area contributed by atoms with Crippen molar-refractivity contribution in [3.8, 4) is 5.75 Å². The van der Waals surface area contributed by atoms with Gasteiger partial charge in [0.2, 0.25) is 0 Å². The van der Waals surface area contributed by atoms with E-state index in [0.717, 1.165) is 16.9 Å². The first kappa shape index (κ1) is 13.8. The van der Waals surface area contributed by atoms with Gasteiger partial charge in [-0.2, -0.15) is 0 Å². The molecular formula is C15H15ClFNO. The molecule has 2 aromatic rings. The maximum Gasteiger partial charge on any atom is 0.129 e. The van der Waals surface area contributed by atoms with Crippen molar-refractivity contribution in [2.45, 2.75) is 13.0 Å². The number of nitrogens with two attached hydrogens (primary N) is 1. The molecule has 0 bridgehead atoms. The van der Waals surface area contributed by atoms with E-state index in [1.807, 2.05) is 25.1 Å². The Hall–Kier alpha value is -1.58. The Balaban J connectivity index is 2.38. The quantitative estimate of drug-likeness (QED) is 0.926. The molecule has 4 heteroatoms. The van der Waals surface area contributed by atoms with Crippen molar-refractivity contribution in [3.63, 3.8) is 0 Å². The number of aryl methyl sites for hydroxylation is 1. The van der Waals surface area contributed by atoms with Gasteiger partial charge in [-0.15, -0.1) is 0 Å². The van der Waals surface area contributed by atoms with E-state index in [1.54, 1.807) is 19.2 Å². The second kappa shape index (κ2) is 5.59. The van der Waals surface area contributed by atoms with Crippen molar-refractivity contribution in [2.24, 2.45) is 5.73 Å². The Morgan fingerprint density at radius 3 is 2.53 bits per heavy atom. The zero-order valence-corrected chi connectivity index (χ0v) is 11.5. The summed E-state index contributed by atoms with van der Waals surface area (Å²) in [6, 6.07) is 9.56. The number of halogens is 2. The average Bonchev–Trinajstić information content (AvgIpc) is 2.38. The number of methoxy groups -OCH3 is 1. The van der Waals surface area contributed by atoms with Gasteiger partial charge in [0.15, 0.2) is 0 Å². The highest BCUT2D eigenvalue weighted by Crippen LogP contribution is 2.27. The van der Waals surface area contributed by atoms with Crippen LogP contribution in [0, 0.1) is 12.7 Å². The number of rotatable bonds is 3. The summed E-state index contributed by atoms with van der Waals surface area (Å²) in [4.78, 5) is 0. The zero-order chi connectivity index (χ0) is 14.0. The molecule has 2 aromatic carbocycles. The number of hydrogen-bond donors (Lipinski definition) is 1. The molecule has 1 unspecified atom stereocenters. The summed E-state index contributed by atoms with van der Waals surface area (Å²) < 4.78 is 19.0. The normalized spacial score (nSPS) is 12.3. The molecule has 0 saturated heterocycles. The molecule has 0 aromatic heterocycles. The topological polar surface area (TPSA) is 35.2 Å². The van der Waals surface area contributed by atoms with Crippen molar-refractivity contribution >= 4 is 11.6 Å². The van der Waals surface area contributed by atoms with E-state index in [1.165, 1.54) is 6.07 Å². The largest absolute Gasteiger partial charge is 0.496 e. The summed E-state index contributed by atoms with van der Waals surface area (Å²) in [5.74, 6) is 0.390. The number of benzene rings is 2. The number of ether oxygens (including phenoxy) is 1. The predicted octanol–water partition coefficient (Wildman–Crippen LogP) is 3.84. The molecule has 1 atom stereocenters. The second-order valence-electron chi connectivity index (χ2n) is 4.37. The van der Waals surface area contributed by atoms with Crippen molar-refractivity contribution < 1.29 is 9.13 Å². The van der Waals surface area contributed by atoms with Crippen LogP contribution in [-0.4, -0.2) is 7.11 Å². The van der Waals surface area contributed by atoms with Gasteiger partial charge in [-0.1, -0.05) is 29.8 Å². The van der Waals surface area contributed by atoms with Gasteiger partial charge in [-0.05, 0) is 36.2 Å². The van der Waals surface area contributed by atoms with Crippen LogP contribution in [0.1, 0.15) is 22.7 Å². The molecule has 19 heavy (non-hydrogen) atoms. The van der Waals surface area contributed by atoms with E-state index >= 15 is 0 Å². The van der Waals surface area contributed by atoms with E-state index in [2.05, 4.69) is 0 Å². The summed E-state index contributed by atoms with van der Waals surface area (Å²) in [7, 11) is 1.61. The fourth-order valence-corrected chi connectivity index (χ4v) is 2.19. The van der Waals surface area contributed by atoms with Gasteiger partial charge in [0.05, 0.1) is 13.2 Å². The molecule has 100 valence electrons. The molecule has 0 fully saturated rings. The lowest BCUT2D eigenvalue weighted by Gasteiger charge is -2.15. The minimum atomic E-state index is -0.526. The maximum absolute atomic E-state index is 13.8. The lowest BCUT2D eigenvalue weighted by molar-refractivity contribution is 0.411. The zero-order valence-electron chi connectivity index (χ0n) is 10.8. The average molecular weight is 280 g/mol. The van der Waals surface area contributed by atoms with Crippen LogP contribution in [0.15, 0.2) is 36.4 Å². The highest BCUT2D eigenvalue weighted by molar-refractivity contribution is 6.30. The highest BCUT2D eigenvalue weighted by Gasteiger charge is 2.14. The van der Waals surface area contributed by atoms with E-state index in [4.69, 9.17) is 22.1 Å². The lowest BCUT2D eigenvalue weighted by atomic mass is 9.97. The molecule has 2 N–H and O–H groups in total. The van der Waals surface area contributed by atoms with Gasteiger partial charge in [0.1, 0.15) is 11.6 Å². The fraction of sp³-hybridized carbons (Fsp3) is 0.200. The third kappa shape index (κ3) is 2.88. The van der Waals surface area contributed by atoms with E-state index < -0.39 is 11.9 Å². The van der Waals surface area contributed by atoms with Crippen molar-refractivity contribution in [1.29, 1.82) is 0 Å². The Morgan fingerprint density at radius 1 is 1.21 bits per heavy atom. The second-order valence-corrected chi connectivity index (χ2v) is 4.81. The van der Waals surface area contributed by atoms with Gasteiger partial charge in [0, 0.05) is 10.6 Å². The van der Waals surface area contributed by atoms with Crippen LogP contribution in [0.25, 0.3) is 0 Å². The molecule has 0 heterocycles. The minimum absolute atomic E-state index is 0.361. The number of hydrogen-bond acceptors (Lipinski definition) is 2. The molecule has 2 rings (SSSR count). The molecular weight excluding hydrogens is 265 g/mol. The van der Waals surface area contributed by atoms with Gasteiger partial charge >= 0.3 is 0 Å². The molecule has 0 amide bonds. The van der Waals surface area contributed by atoms with Crippen LogP contribution in [0.5, 0.6) is 5.75 Å². The van der Waals surface area contributed by atoms with Gasteiger partial charge in [0.25, 0.3) is 0 Å². The van der Waals surface area contributed by atoms with Gasteiger partial charge in [-0.25, -0.2) is 4.39 Å². The molecule has 0 aliphatic heterocycles. The molecule has 0 aliphatic carbocycles. The first-order valence-electron chi connectivity index (χ1n) is 5.88.